The molecule has 0 aliphatic rings. The topological polar surface area (TPSA) is 76.0 Å². The summed E-state index contributed by atoms with van der Waals surface area (Å²) >= 11 is 0. The molecule has 1 aromatic carbocycles. The third-order valence-electron chi connectivity index (χ3n) is 4.67. The molecule has 0 amide bonds. The number of ether oxygens (including phenoxy) is 4. The Morgan fingerprint density at radius 3 is 2.45 bits per heavy atom. The predicted octanol–water partition coefficient (Wildman–Crippen LogP) is 3.76. The van der Waals surface area contributed by atoms with Gasteiger partial charge < -0.3 is 23.5 Å². The number of ketones is 1. The number of methoxy groups -OCH3 is 2. The monoisotopic (exact) mass is 403 g/mol. The Bertz CT molecular complexity index is 870. The molecule has 0 aliphatic carbocycles. The van der Waals surface area contributed by atoms with Crippen molar-refractivity contribution in [3.8, 4) is 11.5 Å². The first kappa shape index (κ1) is 22.5. The second kappa shape index (κ2) is 10.1. The van der Waals surface area contributed by atoms with Crippen LogP contribution in [-0.2, 0) is 9.47 Å². The van der Waals surface area contributed by atoms with Crippen LogP contribution < -0.4 is 9.47 Å². The van der Waals surface area contributed by atoms with Gasteiger partial charge in [0.25, 0.3) is 0 Å². The van der Waals surface area contributed by atoms with Crippen molar-refractivity contribution in [2.45, 2.75) is 33.7 Å². The SMILES string of the molecule is CCOc1ccc(C(=O)OCC(=O)c2cc(C)n([C@H](C)COC)c2C)cc1OC. The number of hydrogen-bond donors (Lipinski definition) is 0. The molecule has 1 heterocycles. The molecular weight excluding hydrogens is 374 g/mol. The van der Waals surface area contributed by atoms with Crippen molar-refractivity contribution in [1.29, 1.82) is 0 Å². The first-order chi connectivity index (χ1) is 13.8. The molecule has 1 aromatic heterocycles. The Labute approximate surface area is 171 Å². The normalized spacial score (nSPS) is 11.8. The molecular formula is C22H29NO6. The maximum absolute atomic E-state index is 12.6. The molecule has 7 heteroatoms. The van der Waals surface area contributed by atoms with Gasteiger partial charge >= 0.3 is 5.97 Å². The lowest BCUT2D eigenvalue weighted by molar-refractivity contribution is 0.0474. The number of aromatic nitrogens is 1. The van der Waals surface area contributed by atoms with E-state index in [4.69, 9.17) is 18.9 Å². The number of esters is 1. The zero-order valence-electron chi connectivity index (χ0n) is 17.9. The summed E-state index contributed by atoms with van der Waals surface area (Å²) in [6.45, 7) is 8.39. The van der Waals surface area contributed by atoms with E-state index < -0.39 is 5.97 Å². The Morgan fingerprint density at radius 1 is 1.10 bits per heavy atom. The van der Waals surface area contributed by atoms with Gasteiger partial charge in [0.05, 0.1) is 31.9 Å². The highest BCUT2D eigenvalue weighted by molar-refractivity contribution is 6.00. The third-order valence-corrected chi connectivity index (χ3v) is 4.67. The van der Waals surface area contributed by atoms with Crippen LogP contribution in [0, 0.1) is 13.8 Å². The number of nitrogens with zero attached hydrogens (tertiary/aromatic N) is 1. The Kier molecular flexibility index (Phi) is 7.84. The Balaban J connectivity index is 2.09. The maximum Gasteiger partial charge on any atom is 0.338 e. The first-order valence-corrected chi connectivity index (χ1v) is 9.52. The standard InChI is InChI=1S/C22H29NO6/c1-7-28-20-9-8-17(11-21(20)27-6)22(25)29-13-19(24)18-10-14(2)23(16(18)4)15(3)12-26-5/h8-11,15H,7,12-13H2,1-6H3/t15-/m1/s1. The number of rotatable bonds is 10. The van der Waals surface area contributed by atoms with Crippen LogP contribution in [-0.4, -0.2) is 50.4 Å². The molecule has 0 radical (unpaired) electrons. The third kappa shape index (κ3) is 5.17. The van der Waals surface area contributed by atoms with Gasteiger partial charge in [-0.3, -0.25) is 4.79 Å². The van der Waals surface area contributed by atoms with E-state index in [1.165, 1.54) is 13.2 Å². The highest BCUT2D eigenvalue weighted by Crippen LogP contribution is 2.28. The van der Waals surface area contributed by atoms with Crippen LogP contribution in [0.25, 0.3) is 0 Å². The minimum atomic E-state index is -0.596. The largest absolute Gasteiger partial charge is 0.493 e. The van der Waals surface area contributed by atoms with Gasteiger partial charge in [-0.15, -0.1) is 0 Å². The lowest BCUT2D eigenvalue weighted by Gasteiger charge is -2.17. The second-order valence-corrected chi connectivity index (χ2v) is 6.76. The van der Waals surface area contributed by atoms with Gasteiger partial charge in [-0.2, -0.15) is 0 Å². The summed E-state index contributed by atoms with van der Waals surface area (Å²) in [5, 5.41) is 0. The van der Waals surface area contributed by atoms with Crippen LogP contribution in [0.1, 0.15) is 52.0 Å². The average Bonchev–Trinajstić information content (AvgIpc) is 3.00. The zero-order valence-corrected chi connectivity index (χ0v) is 17.9. The number of hydrogen-bond acceptors (Lipinski definition) is 6. The molecule has 158 valence electrons. The van der Waals surface area contributed by atoms with Crippen LogP contribution in [0.5, 0.6) is 11.5 Å². The quantitative estimate of drug-likeness (QED) is 0.444. The van der Waals surface area contributed by atoms with E-state index in [9.17, 15) is 9.59 Å². The first-order valence-electron chi connectivity index (χ1n) is 9.52. The lowest BCUT2D eigenvalue weighted by Crippen LogP contribution is -2.17. The van der Waals surface area contributed by atoms with E-state index in [-0.39, 0.29) is 24.0 Å². The van der Waals surface area contributed by atoms with Crippen molar-refractivity contribution in [1.82, 2.24) is 4.57 Å². The maximum atomic E-state index is 12.6. The van der Waals surface area contributed by atoms with Crippen molar-refractivity contribution in [2.75, 3.05) is 34.0 Å². The summed E-state index contributed by atoms with van der Waals surface area (Å²) in [6.07, 6.45) is 0. The predicted molar refractivity (Wildman–Crippen MR) is 109 cm³/mol. The van der Waals surface area contributed by atoms with E-state index in [2.05, 4.69) is 4.57 Å². The van der Waals surface area contributed by atoms with Crippen LogP contribution in [0.3, 0.4) is 0 Å². The highest BCUT2D eigenvalue weighted by atomic mass is 16.5. The fraction of sp³-hybridized carbons (Fsp3) is 0.455. The number of carbonyl (C=O) groups is 2. The summed E-state index contributed by atoms with van der Waals surface area (Å²) in [5.74, 6) is 0.130. The van der Waals surface area contributed by atoms with Gasteiger partial charge in [0.15, 0.2) is 18.1 Å². The highest BCUT2D eigenvalue weighted by Gasteiger charge is 2.20. The Morgan fingerprint density at radius 2 is 1.83 bits per heavy atom. The van der Waals surface area contributed by atoms with Crippen LogP contribution in [0.4, 0.5) is 0 Å². The van der Waals surface area contributed by atoms with E-state index >= 15 is 0 Å². The summed E-state index contributed by atoms with van der Waals surface area (Å²) < 4.78 is 23.2. The second-order valence-electron chi connectivity index (χ2n) is 6.76. The minimum absolute atomic E-state index is 0.0976. The van der Waals surface area contributed by atoms with Crippen molar-refractivity contribution >= 4 is 11.8 Å². The fourth-order valence-electron chi connectivity index (χ4n) is 3.41. The molecule has 0 spiro atoms. The summed E-state index contributed by atoms with van der Waals surface area (Å²) in [7, 11) is 3.14. The van der Waals surface area contributed by atoms with Crippen LogP contribution in [0.15, 0.2) is 24.3 Å². The van der Waals surface area contributed by atoms with Gasteiger partial charge in [-0.1, -0.05) is 0 Å². The average molecular weight is 403 g/mol. The van der Waals surface area contributed by atoms with Crippen molar-refractivity contribution in [2.24, 2.45) is 0 Å². The van der Waals surface area contributed by atoms with Crippen molar-refractivity contribution in [3.63, 3.8) is 0 Å². The van der Waals surface area contributed by atoms with Gasteiger partial charge in [0.1, 0.15) is 0 Å². The van der Waals surface area contributed by atoms with Gasteiger partial charge in [-0.05, 0) is 52.0 Å². The van der Waals surface area contributed by atoms with Crippen LogP contribution >= 0.6 is 0 Å². The molecule has 0 N–H and O–H groups in total. The van der Waals surface area contributed by atoms with Gasteiger partial charge in [0, 0.05) is 24.1 Å². The minimum Gasteiger partial charge on any atom is -0.493 e. The molecule has 0 aliphatic heterocycles. The molecule has 0 unspecified atom stereocenters. The zero-order chi connectivity index (χ0) is 21.6. The summed E-state index contributed by atoms with van der Waals surface area (Å²) in [6, 6.07) is 6.68. The molecule has 1 atom stereocenters. The van der Waals surface area contributed by atoms with Crippen LogP contribution in [0.2, 0.25) is 0 Å². The summed E-state index contributed by atoms with van der Waals surface area (Å²) in [5.41, 5.74) is 2.62. The number of carbonyl (C=O) groups excluding carboxylic acids is 2. The van der Waals surface area contributed by atoms with Gasteiger partial charge in [-0.25, -0.2) is 4.79 Å². The molecule has 0 saturated carbocycles. The van der Waals surface area contributed by atoms with Crippen molar-refractivity contribution < 1.29 is 28.5 Å². The molecule has 0 bridgehead atoms. The molecule has 7 nitrogen and oxygen atoms in total. The smallest absolute Gasteiger partial charge is 0.338 e. The molecule has 29 heavy (non-hydrogen) atoms. The van der Waals surface area contributed by atoms with E-state index in [1.54, 1.807) is 19.2 Å². The van der Waals surface area contributed by atoms with Gasteiger partial charge in [0.2, 0.25) is 5.78 Å². The van der Waals surface area contributed by atoms with Crippen molar-refractivity contribution in [3.05, 3.63) is 46.8 Å². The molecule has 0 saturated heterocycles. The van der Waals surface area contributed by atoms with E-state index in [0.29, 0.717) is 30.3 Å². The molecule has 2 rings (SSSR count). The van der Waals surface area contributed by atoms with E-state index in [1.807, 2.05) is 33.8 Å². The van der Waals surface area contributed by atoms with E-state index in [0.717, 1.165) is 11.4 Å². The summed E-state index contributed by atoms with van der Waals surface area (Å²) in [4.78, 5) is 25.0. The fourth-order valence-corrected chi connectivity index (χ4v) is 3.41. The lowest BCUT2D eigenvalue weighted by atomic mass is 10.1. The molecule has 0 fully saturated rings. The number of benzene rings is 1. The number of aryl methyl sites for hydroxylation is 1. The molecule has 2 aromatic rings. The Hall–Kier alpha value is -2.80. The number of Topliss-reactive ketones (excluding diaryl/α,β-unsaturated/α-hetero) is 1.